The van der Waals surface area contributed by atoms with Crippen LogP contribution in [0, 0.1) is 0 Å². The molecule has 1 unspecified atom stereocenters. The third-order valence-electron chi connectivity index (χ3n) is 4.11. The average molecular weight is 348 g/mol. The lowest BCUT2D eigenvalue weighted by molar-refractivity contribution is -0.130. The number of nitrogens with one attached hydrogen (secondary N) is 1. The second kappa shape index (κ2) is 9.17. The van der Waals surface area contributed by atoms with Crippen molar-refractivity contribution in [3.05, 3.63) is 29.8 Å². The van der Waals surface area contributed by atoms with E-state index in [2.05, 4.69) is 5.32 Å². The molecule has 1 aliphatic rings. The summed E-state index contributed by atoms with van der Waals surface area (Å²) in [5, 5.41) is 2.70. The maximum absolute atomic E-state index is 12.2. The summed E-state index contributed by atoms with van der Waals surface area (Å²) in [5.41, 5.74) is 0.689. The molecule has 1 heterocycles. The summed E-state index contributed by atoms with van der Waals surface area (Å²) < 4.78 is 10.3. The lowest BCUT2D eigenvalue weighted by Gasteiger charge is -2.24. The molecule has 25 heavy (non-hydrogen) atoms. The highest BCUT2D eigenvalue weighted by molar-refractivity contribution is 6.01. The second-order valence-electron chi connectivity index (χ2n) is 5.94. The number of benzene rings is 1. The molecule has 0 aromatic heterocycles. The van der Waals surface area contributed by atoms with Crippen LogP contribution in [0.1, 0.15) is 36.5 Å². The van der Waals surface area contributed by atoms with Crippen LogP contribution in [0.2, 0.25) is 0 Å². The maximum atomic E-state index is 12.2. The summed E-state index contributed by atoms with van der Waals surface area (Å²) in [7, 11) is 1.29. The molecule has 1 atom stereocenters. The molecule has 1 N–H and O–H groups in total. The predicted molar refractivity (Wildman–Crippen MR) is 92.3 cm³/mol. The van der Waals surface area contributed by atoms with Crippen molar-refractivity contribution in [3.8, 4) is 0 Å². The maximum Gasteiger partial charge on any atom is 0.339 e. The van der Waals surface area contributed by atoms with E-state index in [0.29, 0.717) is 24.3 Å². The number of ether oxygens (including phenoxy) is 2. The largest absolute Gasteiger partial charge is 0.465 e. The average Bonchev–Trinajstić information content (AvgIpc) is 3.11. The van der Waals surface area contributed by atoms with Gasteiger partial charge in [-0.3, -0.25) is 9.59 Å². The normalized spacial score (nSPS) is 16.3. The third-order valence-corrected chi connectivity index (χ3v) is 4.11. The van der Waals surface area contributed by atoms with E-state index in [0.717, 1.165) is 19.4 Å². The monoisotopic (exact) mass is 348 g/mol. The highest BCUT2D eigenvalue weighted by Gasteiger charge is 2.21. The van der Waals surface area contributed by atoms with Gasteiger partial charge < -0.3 is 19.7 Å². The molecule has 2 amide bonds. The Labute approximate surface area is 147 Å². The van der Waals surface area contributed by atoms with Crippen LogP contribution in [0.4, 0.5) is 5.69 Å². The molecule has 1 saturated heterocycles. The standard InChI is InChI=1S/C18H24N2O5/c1-13(21)20(12-14-6-5-11-25-14)10-9-17(22)19-16-8-4-3-7-15(16)18(23)24-2/h3-4,7-8,14H,5-6,9-12H2,1-2H3,(H,19,22). The number of amides is 2. The molecule has 7 heteroatoms. The molecule has 0 radical (unpaired) electrons. The van der Waals surface area contributed by atoms with Gasteiger partial charge in [0.1, 0.15) is 0 Å². The van der Waals surface area contributed by atoms with E-state index in [1.54, 1.807) is 29.2 Å². The van der Waals surface area contributed by atoms with E-state index >= 15 is 0 Å². The van der Waals surface area contributed by atoms with Crippen LogP contribution in [0.3, 0.4) is 0 Å². The molecule has 2 rings (SSSR count). The van der Waals surface area contributed by atoms with Crippen LogP contribution >= 0.6 is 0 Å². The van der Waals surface area contributed by atoms with Gasteiger partial charge in [-0.2, -0.15) is 0 Å². The van der Waals surface area contributed by atoms with Gasteiger partial charge in [-0.15, -0.1) is 0 Å². The van der Waals surface area contributed by atoms with E-state index in [1.807, 2.05) is 0 Å². The van der Waals surface area contributed by atoms with Gasteiger partial charge in [-0.25, -0.2) is 4.79 Å². The minimum absolute atomic E-state index is 0.0482. The Kier molecular flexibility index (Phi) is 6.94. The Morgan fingerprint density at radius 2 is 2.08 bits per heavy atom. The highest BCUT2D eigenvalue weighted by atomic mass is 16.5. The first-order valence-corrected chi connectivity index (χ1v) is 8.35. The van der Waals surface area contributed by atoms with Crippen LogP contribution in [0.15, 0.2) is 24.3 Å². The van der Waals surface area contributed by atoms with E-state index in [-0.39, 0.29) is 24.3 Å². The molecule has 7 nitrogen and oxygen atoms in total. The number of anilines is 1. The van der Waals surface area contributed by atoms with Gasteiger partial charge in [0.25, 0.3) is 0 Å². The van der Waals surface area contributed by atoms with Crippen molar-refractivity contribution in [2.24, 2.45) is 0 Å². The van der Waals surface area contributed by atoms with Crippen LogP contribution < -0.4 is 5.32 Å². The van der Waals surface area contributed by atoms with Crippen molar-refractivity contribution in [2.45, 2.75) is 32.3 Å². The fourth-order valence-corrected chi connectivity index (χ4v) is 2.74. The molecule has 1 aliphatic heterocycles. The van der Waals surface area contributed by atoms with Gasteiger partial charge >= 0.3 is 5.97 Å². The first-order valence-electron chi connectivity index (χ1n) is 8.35. The zero-order chi connectivity index (χ0) is 18.2. The van der Waals surface area contributed by atoms with Gasteiger partial charge in [0, 0.05) is 33.0 Å². The van der Waals surface area contributed by atoms with Crippen molar-refractivity contribution in [1.29, 1.82) is 0 Å². The quantitative estimate of drug-likeness (QED) is 0.760. The van der Waals surface area contributed by atoms with Crippen molar-refractivity contribution in [2.75, 3.05) is 32.1 Å². The predicted octanol–water partition coefficient (Wildman–Crippen LogP) is 1.83. The van der Waals surface area contributed by atoms with Gasteiger partial charge in [0.15, 0.2) is 0 Å². The lowest BCUT2D eigenvalue weighted by Crippen LogP contribution is -2.37. The van der Waals surface area contributed by atoms with E-state index in [4.69, 9.17) is 9.47 Å². The van der Waals surface area contributed by atoms with E-state index in [1.165, 1.54) is 14.0 Å². The highest BCUT2D eigenvalue weighted by Crippen LogP contribution is 2.17. The number of hydrogen-bond acceptors (Lipinski definition) is 5. The molecule has 0 aliphatic carbocycles. The lowest BCUT2D eigenvalue weighted by atomic mass is 10.1. The van der Waals surface area contributed by atoms with E-state index in [9.17, 15) is 14.4 Å². The number of methoxy groups -OCH3 is 1. The van der Waals surface area contributed by atoms with Gasteiger partial charge in [0.2, 0.25) is 11.8 Å². The Hall–Kier alpha value is -2.41. The van der Waals surface area contributed by atoms with E-state index < -0.39 is 5.97 Å². The number of esters is 1. The van der Waals surface area contributed by atoms with Crippen molar-refractivity contribution >= 4 is 23.5 Å². The SMILES string of the molecule is COC(=O)c1ccccc1NC(=O)CCN(CC1CCCO1)C(C)=O. The van der Waals surface area contributed by atoms with Crippen molar-refractivity contribution < 1.29 is 23.9 Å². The first-order chi connectivity index (χ1) is 12.0. The van der Waals surface area contributed by atoms with Crippen LogP contribution in [-0.2, 0) is 19.1 Å². The number of nitrogens with zero attached hydrogens (tertiary/aromatic N) is 1. The third kappa shape index (κ3) is 5.56. The summed E-state index contributed by atoms with van der Waals surface area (Å²) in [5.74, 6) is -0.868. The number of hydrogen-bond donors (Lipinski definition) is 1. The summed E-state index contributed by atoms with van der Waals surface area (Å²) in [4.78, 5) is 37.3. The van der Waals surface area contributed by atoms with Gasteiger partial charge in [-0.1, -0.05) is 12.1 Å². The summed E-state index contributed by atoms with van der Waals surface area (Å²) in [6.45, 7) is 3.02. The molecule has 1 aromatic rings. The van der Waals surface area contributed by atoms with Crippen LogP contribution in [0.5, 0.6) is 0 Å². The summed E-state index contributed by atoms with van der Waals surface area (Å²) in [6, 6.07) is 6.64. The summed E-state index contributed by atoms with van der Waals surface area (Å²) in [6.07, 6.45) is 2.12. The number of para-hydroxylation sites is 1. The molecule has 0 saturated carbocycles. The molecule has 136 valence electrons. The van der Waals surface area contributed by atoms with Crippen molar-refractivity contribution in [1.82, 2.24) is 4.90 Å². The molecular weight excluding hydrogens is 324 g/mol. The zero-order valence-electron chi connectivity index (χ0n) is 14.6. The smallest absolute Gasteiger partial charge is 0.339 e. The minimum atomic E-state index is -0.514. The molecule has 0 bridgehead atoms. The topological polar surface area (TPSA) is 84.9 Å². The number of carbonyl (C=O) groups excluding carboxylic acids is 3. The van der Waals surface area contributed by atoms with Crippen LogP contribution in [-0.4, -0.2) is 55.6 Å². The fraction of sp³-hybridized carbons (Fsp3) is 0.500. The number of carbonyl (C=O) groups is 3. The minimum Gasteiger partial charge on any atom is -0.465 e. The Morgan fingerprint density at radius 1 is 1.32 bits per heavy atom. The molecule has 0 spiro atoms. The molecular formula is C18H24N2O5. The zero-order valence-corrected chi connectivity index (χ0v) is 14.6. The van der Waals surface area contributed by atoms with Gasteiger partial charge in [-0.05, 0) is 25.0 Å². The van der Waals surface area contributed by atoms with Crippen molar-refractivity contribution in [3.63, 3.8) is 0 Å². The van der Waals surface area contributed by atoms with Crippen LogP contribution in [0.25, 0.3) is 0 Å². The number of rotatable bonds is 7. The Bertz CT molecular complexity index is 626. The first kappa shape index (κ1) is 18.9. The molecule has 1 aromatic carbocycles. The second-order valence-corrected chi connectivity index (χ2v) is 5.94. The molecule has 1 fully saturated rings. The van der Waals surface area contributed by atoms with Gasteiger partial charge in [0.05, 0.1) is 24.5 Å². The fourth-order valence-electron chi connectivity index (χ4n) is 2.74. The summed E-state index contributed by atoms with van der Waals surface area (Å²) >= 11 is 0. The Morgan fingerprint density at radius 3 is 2.72 bits per heavy atom. The Balaban J connectivity index is 1.90.